The van der Waals surface area contributed by atoms with E-state index in [-0.39, 0.29) is 12.6 Å². The van der Waals surface area contributed by atoms with Gasteiger partial charge in [-0.05, 0) is 24.1 Å². The number of carboxylic acids is 1. The van der Waals surface area contributed by atoms with Crippen molar-refractivity contribution in [2.45, 2.75) is 19.5 Å². The fourth-order valence-corrected chi connectivity index (χ4v) is 2.89. The molecule has 5 heteroatoms. The lowest BCUT2D eigenvalue weighted by Crippen LogP contribution is -2.24. The van der Waals surface area contributed by atoms with Gasteiger partial charge in [-0.1, -0.05) is 30.3 Å². The molecular weight excluding hydrogens is 274 g/mol. The maximum atomic E-state index is 10.9. The van der Waals surface area contributed by atoms with Gasteiger partial charge in [0.15, 0.2) is 0 Å². The summed E-state index contributed by atoms with van der Waals surface area (Å²) in [5.41, 5.74) is 1.98. The van der Waals surface area contributed by atoms with Gasteiger partial charge in [0, 0.05) is 11.4 Å². The van der Waals surface area contributed by atoms with Crippen LogP contribution in [0.3, 0.4) is 0 Å². The zero-order valence-corrected chi connectivity index (χ0v) is 12.0. The number of carboxylic acid groups (broad SMARTS) is 1. The summed E-state index contributed by atoms with van der Waals surface area (Å²) in [4.78, 5) is 12.3. The standard InChI is InChI=1S/C15H17NO3S/c1-10-12(7-14(20-10)15(18)19)8-16-13(9-17)11-5-3-2-4-6-11/h2-7,13,16-17H,8-9H2,1H3,(H,18,19). The summed E-state index contributed by atoms with van der Waals surface area (Å²) in [6.45, 7) is 2.44. The fourth-order valence-electron chi connectivity index (χ4n) is 2.01. The van der Waals surface area contributed by atoms with Crippen molar-refractivity contribution in [1.29, 1.82) is 0 Å². The molecule has 0 aliphatic carbocycles. The van der Waals surface area contributed by atoms with E-state index in [1.165, 1.54) is 11.3 Å². The Morgan fingerprint density at radius 3 is 2.60 bits per heavy atom. The molecule has 1 atom stereocenters. The first kappa shape index (κ1) is 14.7. The molecule has 0 aliphatic rings. The predicted octanol–water partition coefficient (Wildman–Crippen LogP) is 2.58. The van der Waals surface area contributed by atoms with Crippen LogP contribution in [0.5, 0.6) is 0 Å². The average Bonchev–Trinajstić information content (AvgIpc) is 2.82. The van der Waals surface area contributed by atoms with Crippen LogP contribution in [-0.2, 0) is 6.54 Å². The molecule has 106 valence electrons. The molecule has 0 saturated heterocycles. The number of aromatic carboxylic acids is 1. The van der Waals surface area contributed by atoms with Crippen LogP contribution in [0.4, 0.5) is 0 Å². The number of hydrogen-bond acceptors (Lipinski definition) is 4. The monoisotopic (exact) mass is 291 g/mol. The summed E-state index contributed by atoms with van der Waals surface area (Å²) in [6, 6.07) is 11.2. The maximum absolute atomic E-state index is 10.9. The minimum absolute atomic E-state index is 0.00101. The minimum Gasteiger partial charge on any atom is -0.477 e. The highest BCUT2D eigenvalue weighted by molar-refractivity contribution is 7.14. The third-order valence-corrected chi connectivity index (χ3v) is 4.24. The molecule has 0 radical (unpaired) electrons. The Bertz CT molecular complexity index is 580. The van der Waals surface area contributed by atoms with Crippen LogP contribution in [0.1, 0.15) is 31.7 Å². The van der Waals surface area contributed by atoms with E-state index in [9.17, 15) is 9.90 Å². The highest BCUT2D eigenvalue weighted by Crippen LogP contribution is 2.22. The van der Waals surface area contributed by atoms with Gasteiger partial charge < -0.3 is 15.5 Å². The Morgan fingerprint density at radius 2 is 2.05 bits per heavy atom. The highest BCUT2D eigenvalue weighted by Gasteiger charge is 2.13. The van der Waals surface area contributed by atoms with Crippen LogP contribution in [-0.4, -0.2) is 22.8 Å². The molecule has 20 heavy (non-hydrogen) atoms. The lowest BCUT2D eigenvalue weighted by molar-refractivity contribution is 0.0702. The molecular formula is C15H17NO3S. The van der Waals surface area contributed by atoms with Crippen LogP contribution in [0, 0.1) is 6.92 Å². The van der Waals surface area contributed by atoms with Crippen molar-refractivity contribution < 1.29 is 15.0 Å². The van der Waals surface area contributed by atoms with Gasteiger partial charge >= 0.3 is 5.97 Å². The van der Waals surface area contributed by atoms with E-state index in [0.717, 1.165) is 16.0 Å². The van der Waals surface area contributed by atoms with E-state index >= 15 is 0 Å². The average molecular weight is 291 g/mol. The normalized spacial score (nSPS) is 12.3. The second kappa shape index (κ2) is 6.65. The van der Waals surface area contributed by atoms with Crippen LogP contribution in [0.2, 0.25) is 0 Å². The molecule has 0 spiro atoms. The maximum Gasteiger partial charge on any atom is 0.345 e. The first-order chi connectivity index (χ1) is 9.61. The molecule has 0 amide bonds. The van der Waals surface area contributed by atoms with E-state index in [4.69, 9.17) is 5.11 Å². The zero-order valence-electron chi connectivity index (χ0n) is 11.2. The van der Waals surface area contributed by atoms with E-state index in [1.54, 1.807) is 6.07 Å². The van der Waals surface area contributed by atoms with Crippen molar-refractivity contribution in [3.8, 4) is 0 Å². The third kappa shape index (κ3) is 3.45. The number of nitrogens with one attached hydrogen (secondary N) is 1. The Labute approximate surface area is 121 Å². The van der Waals surface area contributed by atoms with Gasteiger partial charge in [-0.3, -0.25) is 0 Å². The van der Waals surface area contributed by atoms with E-state index < -0.39 is 5.97 Å². The summed E-state index contributed by atoms with van der Waals surface area (Å²) >= 11 is 1.28. The molecule has 0 bridgehead atoms. The predicted molar refractivity (Wildman–Crippen MR) is 79.1 cm³/mol. The Balaban J connectivity index is 2.05. The van der Waals surface area contributed by atoms with E-state index in [0.29, 0.717) is 11.4 Å². The lowest BCUT2D eigenvalue weighted by Gasteiger charge is -2.16. The fraction of sp³-hybridized carbons (Fsp3) is 0.267. The van der Waals surface area contributed by atoms with Crippen molar-refractivity contribution >= 4 is 17.3 Å². The van der Waals surface area contributed by atoms with Crippen LogP contribution in [0.15, 0.2) is 36.4 Å². The number of benzene rings is 1. The molecule has 2 aromatic rings. The lowest BCUT2D eigenvalue weighted by atomic mass is 10.1. The molecule has 3 N–H and O–H groups in total. The number of thiophene rings is 1. The smallest absolute Gasteiger partial charge is 0.345 e. The first-order valence-corrected chi connectivity index (χ1v) is 7.15. The number of carbonyl (C=O) groups is 1. The largest absolute Gasteiger partial charge is 0.477 e. The van der Waals surface area contributed by atoms with Gasteiger partial charge in [-0.15, -0.1) is 11.3 Å². The summed E-state index contributed by atoms with van der Waals surface area (Å²) < 4.78 is 0. The number of aryl methyl sites for hydroxylation is 1. The molecule has 0 fully saturated rings. The Hall–Kier alpha value is -1.69. The van der Waals surface area contributed by atoms with Gasteiger partial charge in [0.1, 0.15) is 4.88 Å². The molecule has 1 aromatic carbocycles. The number of rotatable bonds is 6. The number of aliphatic hydroxyl groups is 1. The quantitative estimate of drug-likeness (QED) is 0.765. The minimum atomic E-state index is -0.897. The van der Waals surface area contributed by atoms with Gasteiger partial charge in [0.05, 0.1) is 12.6 Å². The molecule has 2 rings (SSSR count). The topological polar surface area (TPSA) is 69.6 Å². The summed E-state index contributed by atoms with van der Waals surface area (Å²) in [7, 11) is 0. The highest BCUT2D eigenvalue weighted by atomic mass is 32.1. The van der Waals surface area contributed by atoms with Crippen LogP contribution >= 0.6 is 11.3 Å². The van der Waals surface area contributed by atoms with E-state index in [1.807, 2.05) is 37.3 Å². The van der Waals surface area contributed by atoms with Gasteiger partial charge in [0.2, 0.25) is 0 Å². The Kier molecular flexibility index (Phi) is 4.89. The summed E-state index contributed by atoms with van der Waals surface area (Å²) in [5.74, 6) is -0.897. The second-order valence-corrected chi connectivity index (χ2v) is 5.78. The molecule has 4 nitrogen and oxygen atoms in total. The number of hydrogen-bond donors (Lipinski definition) is 3. The third-order valence-electron chi connectivity index (χ3n) is 3.15. The van der Waals surface area contributed by atoms with E-state index in [2.05, 4.69) is 5.32 Å². The molecule has 1 aromatic heterocycles. The van der Waals surface area contributed by atoms with Crippen molar-refractivity contribution in [2.75, 3.05) is 6.61 Å². The molecule has 0 aliphatic heterocycles. The number of aliphatic hydroxyl groups excluding tert-OH is 1. The first-order valence-electron chi connectivity index (χ1n) is 6.33. The van der Waals surface area contributed by atoms with Crippen LogP contribution < -0.4 is 5.32 Å². The van der Waals surface area contributed by atoms with Crippen molar-refractivity contribution in [3.05, 3.63) is 57.3 Å². The van der Waals surface area contributed by atoms with Crippen molar-refractivity contribution in [2.24, 2.45) is 0 Å². The molecule has 1 heterocycles. The van der Waals surface area contributed by atoms with Crippen molar-refractivity contribution in [3.63, 3.8) is 0 Å². The van der Waals surface area contributed by atoms with Crippen molar-refractivity contribution in [1.82, 2.24) is 5.32 Å². The van der Waals surface area contributed by atoms with Crippen LogP contribution in [0.25, 0.3) is 0 Å². The summed E-state index contributed by atoms with van der Waals surface area (Å²) in [6.07, 6.45) is 0. The van der Waals surface area contributed by atoms with Gasteiger partial charge in [-0.25, -0.2) is 4.79 Å². The zero-order chi connectivity index (χ0) is 14.5. The second-order valence-electron chi connectivity index (χ2n) is 4.52. The molecule has 1 unspecified atom stereocenters. The van der Waals surface area contributed by atoms with Gasteiger partial charge in [-0.2, -0.15) is 0 Å². The molecule has 0 saturated carbocycles. The summed E-state index contributed by atoms with van der Waals surface area (Å²) in [5, 5.41) is 21.7. The Morgan fingerprint density at radius 1 is 1.35 bits per heavy atom. The van der Waals surface area contributed by atoms with Gasteiger partial charge in [0.25, 0.3) is 0 Å². The SMILES string of the molecule is Cc1sc(C(=O)O)cc1CNC(CO)c1ccccc1.